The van der Waals surface area contributed by atoms with Gasteiger partial charge in [0.25, 0.3) is 6.01 Å². The third kappa shape index (κ3) is 5.40. The Balaban J connectivity index is 1.19. The summed E-state index contributed by atoms with van der Waals surface area (Å²) in [6.07, 6.45) is 8.50. The Morgan fingerprint density at radius 3 is 2.24 bits per heavy atom. The second-order valence-corrected chi connectivity index (χ2v) is 10.8. The summed E-state index contributed by atoms with van der Waals surface area (Å²) >= 11 is 0. The molecule has 2 saturated heterocycles. The SMILES string of the molecule is CN1CCC(N2CCC(N(Cc3ccc(N(C)c4ccncc4)cc3)c3nc4ccccc4o3)CC2)CC1. The highest BCUT2D eigenvalue weighted by Gasteiger charge is 2.31. The Morgan fingerprint density at radius 1 is 0.842 bits per heavy atom. The summed E-state index contributed by atoms with van der Waals surface area (Å²) in [7, 11) is 4.33. The lowest BCUT2D eigenvalue weighted by Crippen LogP contribution is -2.50. The van der Waals surface area contributed by atoms with Gasteiger partial charge in [-0.15, -0.1) is 0 Å². The number of piperidine rings is 2. The molecule has 0 unspecified atom stereocenters. The van der Waals surface area contributed by atoms with Crippen LogP contribution in [0.2, 0.25) is 0 Å². The number of aromatic nitrogens is 2. The summed E-state index contributed by atoms with van der Waals surface area (Å²) in [5.41, 5.74) is 5.31. The molecular weight excluding hydrogens is 472 g/mol. The molecule has 0 atom stereocenters. The minimum absolute atomic E-state index is 0.407. The zero-order valence-corrected chi connectivity index (χ0v) is 22.5. The molecule has 0 bridgehead atoms. The Bertz CT molecular complexity index is 1270. The third-order valence-corrected chi connectivity index (χ3v) is 8.40. The lowest BCUT2D eigenvalue weighted by atomic mass is 9.97. The van der Waals surface area contributed by atoms with Crippen LogP contribution in [0.5, 0.6) is 0 Å². The predicted molar refractivity (Wildman–Crippen MR) is 154 cm³/mol. The fourth-order valence-electron chi connectivity index (χ4n) is 6.00. The molecule has 198 valence electrons. The van der Waals surface area contributed by atoms with E-state index < -0.39 is 0 Å². The first-order chi connectivity index (χ1) is 18.6. The van der Waals surface area contributed by atoms with Gasteiger partial charge in [-0.3, -0.25) is 4.98 Å². The quantitative estimate of drug-likeness (QED) is 0.323. The fraction of sp³-hybridized carbons (Fsp3) is 0.419. The number of para-hydroxylation sites is 2. The first-order valence-electron chi connectivity index (χ1n) is 13.9. The molecular formula is C31H38N6O. The molecule has 2 fully saturated rings. The minimum atomic E-state index is 0.407. The number of likely N-dealkylation sites (tertiary alicyclic amines) is 2. The first kappa shape index (κ1) is 24.9. The number of hydrogen-bond donors (Lipinski definition) is 0. The van der Waals surface area contributed by atoms with E-state index in [-0.39, 0.29) is 0 Å². The molecule has 4 aromatic rings. The molecule has 0 aliphatic carbocycles. The van der Waals surface area contributed by atoms with Gasteiger partial charge in [0.15, 0.2) is 5.58 Å². The third-order valence-electron chi connectivity index (χ3n) is 8.40. The maximum absolute atomic E-state index is 6.31. The summed E-state index contributed by atoms with van der Waals surface area (Å²) < 4.78 is 6.31. The van der Waals surface area contributed by atoms with Crippen LogP contribution in [-0.4, -0.2) is 72.1 Å². The smallest absolute Gasteiger partial charge is 0.298 e. The summed E-state index contributed by atoms with van der Waals surface area (Å²) in [6.45, 7) is 5.50. The molecule has 0 spiro atoms. The number of pyridine rings is 1. The minimum Gasteiger partial charge on any atom is -0.423 e. The number of benzene rings is 2. The molecule has 7 nitrogen and oxygen atoms in total. The van der Waals surface area contributed by atoms with Gasteiger partial charge in [-0.05, 0) is 87.8 Å². The Morgan fingerprint density at radius 2 is 1.53 bits per heavy atom. The van der Waals surface area contributed by atoms with Crippen molar-refractivity contribution in [3.05, 3.63) is 78.6 Å². The van der Waals surface area contributed by atoms with Crippen LogP contribution in [0.3, 0.4) is 0 Å². The summed E-state index contributed by atoms with van der Waals surface area (Å²) in [5, 5.41) is 0. The van der Waals surface area contributed by atoms with Crippen molar-refractivity contribution in [2.75, 3.05) is 50.1 Å². The molecule has 0 radical (unpaired) electrons. The molecule has 6 rings (SSSR count). The molecule has 7 heteroatoms. The van der Waals surface area contributed by atoms with E-state index in [0.29, 0.717) is 6.04 Å². The highest BCUT2D eigenvalue weighted by Crippen LogP contribution is 2.31. The Hall–Kier alpha value is -3.42. The van der Waals surface area contributed by atoms with Gasteiger partial charge in [0, 0.05) is 62.5 Å². The van der Waals surface area contributed by atoms with E-state index in [9.17, 15) is 0 Å². The van der Waals surface area contributed by atoms with Gasteiger partial charge in [-0.2, -0.15) is 4.98 Å². The van der Waals surface area contributed by atoms with E-state index in [1.54, 1.807) is 0 Å². The van der Waals surface area contributed by atoms with Gasteiger partial charge in [0.2, 0.25) is 0 Å². The lowest BCUT2D eigenvalue weighted by Gasteiger charge is -2.43. The number of oxazole rings is 1. The van der Waals surface area contributed by atoms with Crippen molar-refractivity contribution in [2.24, 2.45) is 0 Å². The van der Waals surface area contributed by atoms with E-state index in [0.717, 1.165) is 67.0 Å². The zero-order chi connectivity index (χ0) is 25.9. The molecule has 0 saturated carbocycles. The average Bonchev–Trinajstić information content (AvgIpc) is 3.41. The van der Waals surface area contributed by atoms with Crippen LogP contribution in [0.4, 0.5) is 17.4 Å². The van der Waals surface area contributed by atoms with Gasteiger partial charge in [-0.1, -0.05) is 24.3 Å². The van der Waals surface area contributed by atoms with Gasteiger partial charge in [0.05, 0.1) is 0 Å². The topological polar surface area (TPSA) is 51.9 Å². The van der Waals surface area contributed by atoms with Crippen molar-refractivity contribution in [1.82, 2.24) is 19.8 Å². The average molecular weight is 511 g/mol. The molecule has 38 heavy (non-hydrogen) atoms. The second kappa shape index (κ2) is 11.1. The molecule has 2 aliphatic heterocycles. The Kier molecular flexibility index (Phi) is 7.29. The summed E-state index contributed by atoms with van der Waals surface area (Å²) in [5.74, 6) is 0. The highest BCUT2D eigenvalue weighted by atomic mass is 16.4. The van der Waals surface area contributed by atoms with Crippen LogP contribution >= 0.6 is 0 Å². The van der Waals surface area contributed by atoms with E-state index in [1.165, 1.54) is 31.5 Å². The van der Waals surface area contributed by atoms with Crippen molar-refractivity contribution in [1.29, 1.82) is 0 Å². The maximum atomic E-state index is 6.31. The molecule has 0 N–H and O–H groups in total. The molecule has 2 aliphatic rings. The molecule has 0 amide bonds. The van der Waals surface area contributed by atoms with Crippen LogP contribution in [0.1, 0.15) is 31.2 Å². The maximum Gasteiger partial charge on any atom is 0.298 e. The molecule has 4 heterocycles. The van der Waals surface area contributed by atoms with E-state index in [2.05, 4.69) is 62.9 Å². The number of fused-ring (bicyclic) bond motifs is 1. The van der Waals surface area contributed by atoms with Crippen LogP contribution in [-0.2, 0) is 6.54 Å². The lowest BCUT2D eigenvalue weighted by molar-refractivity contribution is 0.0953. The molecule has 2 aromatic heterocycles. The van der Waals surface area contributed by atoms with Crippen molar-refractivity contribution >= 4 is 28.5 Å². The van der Waals surface area contributed by atoms with Gasteiger partial charge in [-0.25, -0.2) is 0 Å². The number of hydrogen-bond acceptors (Lipinski definition) is 7. The van der Waals surface area contributed by atoms with E-state index in [1.807, 2.05) is 48.8 Å². The first-order valence-corrected chi connectivity index (χ1v) is 13.9. The van der Waals surface area contributed by atoms with Crippen LogP contribution in [0.25, 0.3) is 11.1 Å². The monoisotopic (exact) mass is 510 g/mol. The van der Waals surface area contributed by atoms with Crippen molar-refractivity contribution < 1.29 is 4.42 Å². The predicted octanol–water partition coefficient (Wildman–Crippen LogP) is 5.56. The van der Waals surface area contributed by atoms with Crippen LogP contribution in [0, 0.1) is 0 Å². The van der Waals surface area contributed by atoms with Crippen LogP contribution < -0.4 is 9.80 Å². The number of anilines is 3. The van der Waals surface area contributed by atoms with E-state index in [4.69, 9.17) is 9.40 Å². The van der Waals surface area contributed by atoms with Gasteiger partial charge in [0.1, 0.15) is 5.52 Å². The highest BCUT2D eigenvalue weighted by molar-refractivity contribution is 5.74. The number of rotatable bonds is 7. The largest absolute Gasteiger partial charge is 0.423 e. The standard InChI is InChI=1S/C31H38N6O/c1-34-19-13-27(14-20-34)36-21-15-28(16-22-36)37(31-33-29-5-3-4-6-30(29)38-31)23-24-7-9-25(10-8-24)35(2)26-11-17-32-18-12-26/h3-12,17-18,27-28H,13-16,19-23H2,1-2H3. The van der Waals surface area contributed by atoms with Crippen molar-refractivity contribution in [3.8, 4) is 0 Å². The zero-order valence-electron chi connectivity index (χ0n) is 22.5. The normalized spacial score (nSPS) is 18.2. The van der Waals surface area contributed by atoms with E-state index >= 15 is 0 Å². The van der Waals surface area contributed by atoms with Gasteiger partial charge >= 0.3 is 0 Å². The van der Waals surface area contributed by atoms with Crippen molar-refractivity contribution in [3.63, 3.8) is 0 Å². The van der Waals surface area contributed by atoms with Gasteiger partial charge < -0.3 is 24.0 Å². The summed E-state index contributed by atoms with van der Waals surface area (Å²) in [6, 6.07) is 22.9. The fourth-order valence-corrected chi connectivity index (χ4v) is 6.00. The second-order valence-electron chi connectivity index (χ2n) is 10.8. The summed E-state index contributed by atoms with van der Waals surface area (Å²) in [4.78, 5) is 18.8. The van der Waals surface area contributed by atoms with Crippen LogP contribution in [0.15, 0.2) is 77.5 Å². The Labute approximate surface area is 225 Å². The van der Waals surface area contributed by atoms with Crippen molar-refractivity contribution in [2.45, 2.75) is 44.3 Å². The molecule has 2 aromatic carbocycles. The number of nitrogens with zero attached hydrogens (tertiary/aromatic N) is 6.